The van der Waals surface area contributed by atoms with E-state index >= 15 is 0 Å². The summed E-state index contributed by atoms with van der Waals surface area (Å²) < 4.78 is 23.2. The van der Waals surface area contributed by atoms with E-state index in [1.807, 2.05) is 6.92 Å². The third-order valence-electron chi connectivity index (χ3n) is 11.9. The molecular weight excluding hydrogens is 472 g/mol. The van der Waals surface area contributed by atoms with Gasteiger partial charge in [0.15, 0.2) is 6.29 Å². The number of hydrogen-bond acceptors (Lipinski definition) is 7. The number of methoxy groups -OCH3 is 1. The molecule has 0 aromatic rings. The summed E-state index contributed by atoms with van der Waals surface area (Å²) in [5.74, 6) is 1.33. The number of ether oxygens (including phenoxy) is 4. The van der Waals surface area contributed by atoms with Crippen molar-refractivity contribution in [2.45, 2.75) is 116 Å². The molecule has 1 N–H and O–H groups in total. The van der Waals surface area contributed by atoms with Gasteiger partial charge in [-0.1, -0.05) is 13.8 Å². The van der Waals surface area contributed by atoms with Gasteiger partial charge in [0.2, 0.25) is 0 Å². The van der Waals surface area contributed by atoms with Crippen molar-refractivity contribution in [3.8, 4) is 0 Å². The van der Waals surface area contributed by atoms with E-state index in [9.17, 15) is 14.7 Å². The zero-order valence-corrected chi connectivity index (χ0v) is 22.9. The minimum Gasteiger partial charge on any atom is -0.458 e. The molecule has 206 valence electrons. The van der Waals surface area contributed by atoms with E-state index in [1.165, 1.54) is 0 Å². The van der Waals surface area contributed by atoms with E-state index in [-0.39, 0.29) is 52.7 Å². The van der Waals surface area contributed by atoms with Crippen LogP contribution in [0.1, 0.15) is 85.0 Å². The molecule has 2 heterocycles. The number of hydrogen-bond donors (Lipinski definition) is 1. The molecule has 0 radical (unpaired) electrons. The molecule has 7 nitrogen and oxygen atoms in total. The molecule has 5 fully saturated rings. The Kier molecular flexibility index (Phi) is 6.42. The first-order valence-corrected chi connectivity index (χ1v) is 14.5. The minimum atomic E-state index is -0.628. The Morgan fingerprint density at radius 2 is 1.81 bits per heavy atom. The van der Waals surface area contributed by atoms with E-state index in [0.29, 0.717) is 30.6 Å². The zero-order valence-electron chi connectivity index (χ0n) is 22.9. The maximum atomic E-state index is 14.4. The van der Waals surface area contributed by atoms with Crippen LogP contribution in [0.4, 0.5) is 0 Å². The molecule has 37 heavy (non-hydrogen) atoms. The Labute approximate surface area is 220 Å². The van der Waals surface area contributed by atoms with E-state index < -0.39 is 6.10 Å². The fraction of sp³-hybridized carbons (Fsp3) is 0.867. The number of cyclic esters (lactones) is 1. The number of rotatable bonds is 4. The Hall–Kier alpha value is -1.28. The predicted molar refractivity (Wildman–Crippen MR) is 135 cm³/mol. The molecule has 6 aliphatic rings. The normalized spacial score (nSPS) is 51.6. The molecule has 1 saturated heterocycles. The molecule has 7 heteroatoms. The summed E-state index contributed by atoms with van der Waals surface area (Å²) >= 11 is 0. The van der Waals surface area contributed by atoms with Gasteiger partial charge in [-0.05, 0) is 93.5 Å². The molecule has 1 spiro atoms. The smallest absolute Gasteiger partial charge is 0.331 e. The molecule has 0 aromatic heterocycles. The zero-order chi connectivity index (χ0) is 26.2. The van der Waals surface area contributed by atoms with Crippen molar-refractivity contribution >= 4 is 11.8 Å². The van der Waals surface area contributed by atoms with Crippen LogP contribution >= 0.6 is 0 Å². The van der Waals surface area contributed by atoms with Gasteiger partial charge in [0, 0.05) is 30.4 Å². The Balaban J connectivity index is 1.16. The molecule has 0 amide bonds. The molecule has 2 aliphatic heterocycles. The van der Waals surface area contributed by atoms with E-state index in [1.54, 1.807) is 13.2 Å². The van der Waals surface area contributed by atoms with Crippen LogP contribution in [0.15, 0.2) is 11.6 Å². The van der Waals surface area contributed by atoms with Crippen LogP contribution in [0.5, 0.6) is 0 Å². The summed E-state index contributed by atoms with van der Waals surface area (Å²) in [6.45, 7) is 6.87. The highest BCUT2D eigenvalue weighted by atomic mass is 16.7. The average Bonchev–Trinajstić information content (AvgIpc) is 3.29. The summed E-state index contributed by atoms with van der Waals surface area (Å²) in [6.07, 6.45) is 9.85. The standard InChI is InChI=1S/C30H44O7/c1-17-26(32)22(34-4)15-25(36-17)37-20-6-9-28(2)19(14-20)5-11-30-12-7-21(18-13-24(31)35-16-18)29(3,27(30)33)10-8-23(28)30/h13,17,19-23,25-26,32H,5-12,14-16H2,1-4H3/t17?,19-,20+,21-,22?,23-,25?,26?,28+,29-,30-/m1/s1. The highest BCUT2D eigenvalue weighted by molar-refractivity contribution is 5.93. The van der Waals surface area contributed by atoms with Gasteiger partial charge in [-0.2, -0.15) is 0 Å². The number of ketones is 1. The van der Waals surface area contributed by atoms with Crippen LogP contribution in [-0.2, 0) is 28.5 Å². The van der Waals surface area contributed by atoms with Gasteiger partial charge < -0.3 is 24.1 Å². The van der Waals surface area contributed by atoms with Crippen LogP contribution in [0.2, 0.25) is 0 Å². The lowest BCUT2D eigenvalue weighted by Crippen LogP contribution is -2.64. The molecule has 4 unspecified atom stereocenters. The predicted octanol–water partition coefficient (Wildman–Crippen LogP) is 4.35. The summed E-state index contributed by atoms with van der Waals surface area (Å²) in [5.41, 5.74) is 0.597. The quantitative estimate of drug-likeness (QED) is 0.439. The van der Waals surface area contributed by atoms with Crippen molar-refractivity contribution in [1.82, 2.24) is 0 Å². The Morgan fingerprint density at radius 3 is 2.54 bits per heavy atom. The highest BCUT2D eigenvalue weighted by Gasteiger charge is 2.67. The van der Waals surface area contributed by atoms with Gasteiger partial charge in [-0.3, -0.25) is 4.79 Å². The molecular formula is C30H44O7. The molecule has 6 rings (SSSR count). The fourth-order valence-corrected chi connectivity index (χ4v) is 9.85. The largest absolute Gasteiger partial charge is 0.458 e. The van der Waals surface area contributed by atoms with Crippen molar-refractivity contribution < 1.29 is 33.6 Å². The van der Waals surface area contributed by atoms with Crippen LogP contribution in [0.25, 0.3) is 0 Å². The second-order valence-corrected chi connectivity index (χ2v) is 13.5. The third-order valence-corrected chi connectivity index (χ3v) is 11.9. The summed E-state index contributed by atoms with van der Waals surface area (Å²) in [7, 11) is 1.63. The number of aliphatic hydroxyl groups is 1. The van der Waals surface area contributed by atoms with Gasteiger partial charge in [-0.15, -0.1) is 0 Å². The molecule has 11 atom stereocenters. The Morgan fingerprint density at radius 1 is 1.03 bits per heavy atom. The number of Topliss-reactive ketones (excluding diaryl/α,β-unsaturated/α-hetero) is 1. The topological polar surface area (TPSA) is 91.3 Å². The second-order valence-electron chi connectivity index (χ2n) is 13.5. The number of carbonyl (C=O) groups excluding carboxylic acids is 2. The number of carbonyl (C=O) groups is 2. The van der Waals surface area contributed by atoms with Crippen molar-refractivity contribution in [3.63, 3.8) is 0 Å². The maximum Gasteiger partial charge on any atom is 0.331 e. The number of esters is 1. The SMILES string of the molecule is COC1CC(O[C@H]2CC[C@@]3(C)[C@H](CC[C@@]45CC[C@H](C6=CC(=O)OC6)[C@@](C)(CC[C@@H]43)C5=O)C2)OC(C)C1O. The summed E-state index contributed by atoms with van der Waals surface area (Å²) in [4.78, 5) is 26.1. The first-order chi connectivity index (χ1) is 17.6. The lowest BCUT2D eigenvalue weighted by molar-refractivity contribution is -0.272. The Bertz CT molecular complexity index is 977. The van der Waals surface area contributed by atoms with Crippen LogP contribution in [0.3, 0.4) is 0 Å². The maximum absolute atomic E-state index is 14.4. The second kappa shape index (κ2) is 9.14. The van der Waals surface area contributed by atoms with Gasteiger partial charge in [0.1, 0.15) is 18.5 Å². The minimum absolute atomic E-state index is 0.139. The first kappa shape index (κ1) is 26.0. The molecule has 4 aliphatic carbocycles. The van der Waals surface area contributed by atoms with Crippen LogP contribution in [-0.4, -0.2) is 61.3 Å². The number of aliphatic hydroxyl groups excluding tert-OH is 1. The summed E-state index contributed by atoms with van der Waals surface area (Å²) in [6, 6.07) is 0. The monoisotopic (exact) mass is 516 g/mol. The van der Waals surface area contributed by atoms with Crippen molar-refractivity contribution in [1.29, 1.82) is 0 Å². The van der Waals surface area contributed by atoms with E-state index in [4.69, 9.17) is 18.9 Å². The number of fused-ring (bicyclic) bond motifs is 3. The molecule has 0 aromatic carbocycles. The fourth-order valence-electron chi connectivity index (χ4n) is 9.85. The summed E-state index contributed by atoms with van der Waals surface area (Å²) in [5, 5.41) is 10.3. The van der Waals surface area contributed by atoms with Crippen LogP contribution < -0.4 is 0 Å². The van der Waals surface area contributed by atoms with E-state index in [0.717, 1.165) is 63.4 Å². The lowest BCUT2D eigenvalue weighted by Gasteiger charge is -2.66. The van der Waals surface area contributed by atoms with Gasteiger partial charge in [0.05, 0.1) is 18.3 Å². The van der Waals surface area contributed by atoms with E-state index in [2.05, 4.69) is 13.8 Å². The van der Waals surface area contributed by atoms with Crippen molar-refractivity contribution in [3.05, 3.63) is 11.6 Å². The van der Waals surface area contributed by atoms with Gasteiger partial charge in [-0.25, -0.2) is 4.79 Å². The van der Waals surface area contributed by atoms with Gasteiger partial charge >= 0.3 is 5.97 Å². The van der Waals surface area contributed by atoms with Crippen molar-refractivity contribution in [2.24, 2.45) is 34.0 Å². The molecule has 4 saturated carbocycles. The average molecular weight is 517 g/mol. The van der Waals surface area contributed by atoms with Crippen molar-refractivity contribution in [2.75, 3.05) is 13.7 Å². The highest BCUT2D eigenvalue weighted by Crippen LogP contribution is 2.70. The first-order valence-electron chi connectivity index (χ1n) is 14.5. The lowest BCUT2D eigenvalue weighted by atomic mass is 9.37. The van der Waals surface area contributed by atoms with Gasteiger partial charge in [0.25, 0.3) is 0 Å². The van der Waals surface area contributed by atoms with Crippen LogP contribution in [0, 0.1) is 34.0 Å². The molecule has 2 bridgehead atoms. The third kappa shape index (κ3) is 3.89.